The Balaban J connectivity index is 2.63. The zero-order valence-corrected chi connectivity index (χ0v) is 13.2. The van der Waals surface area contributed by atoms with Crippen molar-refractivity contribution in [3.05, 3.63) is 62.2 Å². The Kier molecular flexibility index (Phi) is 1.81. The molecular formula is C19H22N4O2. The Morgan fingerprint density at radius 2 is 2.24 bits per heavy atom. The second kappa shape index (κ2) is 6.98. The number of nitrogens with zero attached hydrogens (tertiary/aromatic N) is 4. The molecule has 3 rings (SSSR count). The molecule has 1 aromatic heterocycles. The van der Waals surface area contributed by atoms with Gasteiger partial charge in [-0.25, -0.2) is 4.79 Å². The van der Waals surface area contributed by atoms with Crippen LogP contribution in [0.5, 0.6) is 0 Å². The average molecular weight is 354 g/mol. The summed E-state index contributed by atoms with van der Waals surface area (Å²) in [7, 11) is 0.860. The molecule has 25 heavy (non-hydrogen) atoms. The van der Waals surface area contributed by atoms with Crippen molar-refractivity contribution in [2.24, 2.45) is 12.9 Å². The Hall–Kier alpha value is -2.81. The Labute approximate surface area is 167 Å². The largest absolute Gasteiger partial charge is 0.357 e. The predicted molar refractivity (Wildman–Crippen MR) is 96.8 cm³/mol. The molecule has 2 heterocycles. The molecule has 2 aromatic rings. The lowest BCUT2D eigenvalue weighted by Crippen LogP contribution is -2.44. The van der Waals surface area contributed by atoms with Crippen LogP contribution in [-0.4, -0.2) is 22.1 Å². The van der Waals surface area contributed by atoms with Crippen LogP contribution in [0.15, 0.2) is 39.8 Å². The first-order valence-electron chi connectivity index (χ1n) is 14.4. The van der Waals surface area contributed by atoms with Crippen molar-refractivity contribution in [2.75, 3.05) is 17.9 Å². The van der Waals surface area contributed by atoms with Crippen molar-refractivity contribution in [1.82, 2.24) is 9.13 Å². The molecule has 1 aliphatic heterocycles. The van der Waals surface area contributed by atoms with E-state index in [0.29, 0.717) is 17.6 Å². The summed E-state index contributed by atoms with van der Waals surface area (Å²) in [5.74, 6) is -4.49. The number of piperidine rings is 1. The molecule has 6 nitrogen and oxygen atoms in total. The van der Waals surface area contributed by atoms with Gasteiger partial charge in [0.05, 0.1) is 26.4 Å². The minimum Gasteiger partial charge on any atom is -0.357 e. The maximum Gasteiger partial charge on any atom is 0.332 e. The Morgan fingerprint density at radius 3 is 3.00 bits per heavy atom. The van der Waals surface area contributed by atoms with Crippen LogP contribution in [0.2, 0.25) is 0 Å². The van der Waals surface area contributed by atoms with Crippen LogP contribution in [0.1, 0.15) is 51.4 Å². The Morgan fingerprint density at radius 1 is 1.48 bits per heavy atom. The third-order valence-corrected chi connectivity index (χ3v) is 3.24. The molecule has 6 heteroatoms. The highest BCUT2D eigenvalue weighted by Gasteiger charge is 2.21. The highest BCUT2D eigenvalue weighted by atomic mass is 16.2. The third kappa shape index (κ3) is 3.36. The quantitative estimate of drug-likeness (QED) is 0.842. The van der Waals surface area contributed by atoms with Gasteiger partial charge in [-0.15, -0.1) is 0 Å². The number of anilines is 1. The summed E-state index contributed by atoms with van der Waals surface area (Å²) in [4.78, 5) is 25.9. The number of nitriles is 1. The summed E-state index contributed by atoms with van der Waals surface area (Å²) >= 11 is 0. The van der Waals surface area contributed by atoms with Crippen LogP contribution < -0.4 is 16.1 Å². The van der Waals surface area contributed by atoms with E-state index >= 15 is 0 Å². The van der Waals surface area contributed by atoms with Crippen molar-refractivity contribution in [3.8, 4) is 6.07 Å². The molecule has 130 valence electrons. The predicted octanol–water partition coefficient (Wildman–Crippen LogP) is 1.70. The first-order valence-corrected chi connectivity index (χ1v) is 6.95. The molecule has 0 unspecified atom stereocenters. The summed E-state index contributed by atoms with van der Waals surface area (Å²) in [5, 5.41) is 9.64. The average Bonchev–Trinajstić information content (AvgIpc) is 2.81. The molecule has 1 fully saturated rings. The molecule has 0 amide bonds. The number of hydrogen-bond acceptors (Lipinski definition) is 4. The second-order valence-electron chi connectivity index (χ2n) is 4.93. The molecule has 0 radical (unpaired) electrons. The summed E-state index contributed by atoms with van der Waals surface area (Å²) in [6.07, 6.45) is -7.27. The van der Waals surface area contributed by atoms with E-state index in [9.17, 15) is 14.9 Å². The minimum absolute atomic E-state index is 0.0895. The number of benzene rings is 1. The van der Waals surface area contributed by atoms with Crippen LogP contribution in [0.25, 0.3) is 0 Å². The summed E-state index contributed by atoms with van der Waals surface area (Å²) in [5.41, 5.74) is -5.00. The van der Waals surface area contributed by atoms with E-state index in [-0.39, 0.29) is 9.47 Å². The van der Waals surface area contributed by atoms with Crippen molar-refractivity contribution < 1.29 is 20.6 Å². The van der Waals surface area contributed by atoms with E-state index in [1.165, 1.54) is 6.07 Å². The lowest BCUT2D eigenvalue weighted by molar-refractivity contribution is 0.437. The number of hydrogen-bond donors (Lipinski definition) is 0. The monoisotopic (exact) mass is 353 g/mol. The fraction of sp³-hybridized carbons (Fsp3) is 0.421. The molecule has 0 saturated carbocycles. The minimum atomic E-state index is -3.81. The molecule has 1 aliphatic rings. The van der Waals surface area contributed by atoms with E-state index in [2.05, 4.69) is 0 Å². The lowest BCUT2D eigenvalue weighted by Gasteiger charge is -2.34. The van der Waals surface area contributed by atoms with E-state index in [4.69, 9.17) is 20.6 Å². The van der Waals surface area contributed by atoms with Gasteiger partial charge in [-0.05, 0) is 30.2 Å². The van der Waals surface area contributed by atoms with Crippen LogP contribution >= 0.6 is 0 Å². The lowest BCUT2D eigenvalue weighted by atomic mass is 10.0. The highest BCUT2D eigenvalue weighted by molar-refractivity contribution is 5.42. The van der Waals surface area contributed by atoms with Gasteiger partial charge in [0.25, 0.3) is 5.56 Å². The maximum atomic E-state index is 13.4. The molecule has 0 aliphatic carbocycles. The molecule has 1 atom stereocenters. The van der Waals surface area contributed by atoms with Gasteiger partial charge < -0.3 is 4.90 Å². The van der Waals surface area contributed by atoms with Gasteiger partial charge in [0.15, 0.2) is 0 Å². The molecule has 0 spiro atoms. The molecule has 0 N–H and O–H groups in total. The van der Waals surface area contributed by atoms with E-state index < -0.39 is 90.5 Å². The zero-order valence-electron chi connectivity index (χ0n) is 28.2. The topological polar surface area (TPSA) is 71.0 Å². The normalized spacial score (nSPS) is 37.6. The third-order valence-electron chi connectivity index (χ3n) is 3.24. The van der Waals surface area contributed by atoms with Crippen LogP contribution in [0, 0.1) is 17.2 Å². The van der Waals surface area contributed by atoms with Crippen molar-refractivity contribution >= 4 is 5.82 Å². The molecule has 1 aromatic carbocycles. The van der Waals surface area contributed by atoms with Gasteiger partial charge in [0.1, 0.15) is 5.82 Å². The van der Waals surface area contributed by atoms with E-state index in [1.54, 1.807) is 0 Å². The fourth-order valence-electron chi connectivity index (χ4n) is 1.99. The zero-order chi connectivity index (χ0) is 31.3. The van der Waals surface area contributed by atoms with Gasteiger partial charge in [-0.2, -0.15) is 5.26 Å². The van der Waals surface area contributed by atoms with Crippen molar-refractivity contribution in [3.63, 3.8) is 0 Å². The first kappa shape index (κ1) is 6.49. The van der Waals surface area contributed by atoms with Gasteiger partial charge >= 0.3 is 5.69 Å². The molecule has 0 bridgehead atoms. The van der Waals surface area contributed by atoms with Gasteiger partial charge in [-0.1, -0.05) is 25.1 Å². The summed E-state index contributed by atoms with van der Waals surface area (Å²) < 4.78 is 125. The van der Waals surface area contributed by atoms with Crippen LogP contribution in [0.3, 0.4) is 0 Å². The maximum absolute atomic E-state index is 13.4. The fourth-order valence-corrected chi connectivity index (χ4v) is 1.99. The summed E-state index contributed by atoms with van der Waals surface area (Å²) in [6.45, 7) is -10.4. The van der Waals surface area contributed by atoms with Crippen LogP contribution in [-0.2, 0) is 13.5 Å². The van der Waals surface area contributed by atoms with E-state index in [0.717, 1.165) is 7.05 Å². The number of rotatable bonds is 3. The smallest absolute Gasteiger partial charge is 0.332 e. The van der Waals surface area contributed by atoms with Gasteiger partial charge in [0, 0.05) is 38.4 Å². The SMILES string of the molecule is [2H]c1c([2H])c([2H])c(C([2H])([2H])n2c(N3C([2H])([2H])C([2H])([2H])C([2H])([2H])[C@@]([2H])(C)C3([2H])[2H])cc(=O)n(C)c2=O)c(C#N)c1[2H]. The van der Waals surface area contributed by atoms with E-state index in [1.807, 2.05) is 0 Å². The standard InChI is InChI=1S/C19H22N4O2/c1-14-6-5-9-22(12-14)17-10-18(24)21(2)19(25)23(17)13-16-8-4-3-7-15(16)11-20/h3-4,7-8,10,14H,5-6,9,12-13H2,1-2H3/t14-/m1/s1/i3D,4D,5D2,6D2,7D,8D,9D2,12D2,13D2,14D. The van der Waals surface area contributed by atoms with Gasteiger partial charge in [-0.3, -0.25) is 13.9 Å². The highest BCUT2D eigenvalue weighted by Crippen LogP contribution is 2.22. The first-order chi connectivity index (χ1) is 17.8. The Bertz CT molecular complexity index is 1560. The second-order valence-corrected chi connectivity index (χ2v) is 4.93. The van der Waals surface area contributed by atoms with Crippen molar-refractivity contribution in [1.29, 1.82) is 5.26 Å². The molecular weight excluding hydrogens is 316 g/mol. The van der Waals surface area contributed by atoms with Gasteiger partial charge in [0.2, 0.25) is 0 Å². The van der Waals surface area contributed by atoms with Crippen LogP contribution in [0.4, 0.5) is 5.82 Å². The summed E-state index contributed by atoms with van der Waals surface area (Å²) in [6, 6.07) is -2.28. The number of aromatic nitrogens is 2. The molecule has 1 saturated heterocycles. The van der Waals surface area contributed by atoms with Crippen molar-refractivity contribution in [2.45, 2.75) is 26.2 Å².